The van der Waals surface area contributed by atoms with Crippen molar-refractivity contribution in [3.63, 3.8) is 0 Å². The van der Waals surface area contributed by atoms with Crippen LogP contribution in [0, 0.1) is 0 Å². The highest BCUT2D eigenvalue weighted by Crippen LogP contribution is 2.23. The molecule has 0 bridgehead atoms. The number of aromatic nitrogens is 1. The number of fused-ring (bicyclic) bond motifs is 1. The summed E-state index contributed by atoms with van der Waals surface area (Å²) in [6, 6.07) is 7.51. The molecule has 0 saturated heterocycles. The zero-order chi connectivity index (χ0) is 16.2. The van der Waals surface area contributed by atoms with Gasteiger partial charge in [-0.25, -0.2) is 0 Å². The minimum atomic E-state index is -0.917. The molecule has 5 nitrogen and oxygen atoms in total. The molecule has 0 aliphatic carbocycles. The Labute approximate surface area is 129 Å². The third-order valence-electron chi connectivity index (χ3n) is 4.13. The Hall–Kier alpha value is -2.43. The van der Waals surface area contributed by atoms with Crippen LogP contribution in [0.15, 0.2) is 36.7 Å². The van der Waals surface area contributed by atoms with Gasteiger partial charge in [-0.1, -0.05) is 38.1 Å². The van der Waals surface area contributed by atoms with Crippen LogP contribution in [0.2, 0.25) is 0 Å². The molecule has 0 aliphatic heterocycles. The van der Waals surface area contributed by atoms with E-state index >= 15 is 0 Å². The third-order valence-corrected chi connectivity index (χ3v) is 4.13. The summed E-state index contributed by atoms with van der Waals surface area (Å²) in [5, 5.41) is 13.7. The number of aliphatic carboxylic acids is 1. The molecular formula is C17H20N2O3. The van der Waals surface area contributed by atoms with Gasteiger partial charge in [0.1, 0.15) is 0 Å². The number of benzene rings is 1. The second-order valence-corrected chi connectivity index (χ2v) is 5.42. The average Bonchev–Trinajstić information content (AvgIpc) is 2.53. The van der Waals surface area contributed by atoms with Crippen molar-refractivity contribution in [1.29, 1.82) is 0 Å². The summed E-state index contributed by atoms with van der Waals surface area (Å²) in [6.45, 7) is 3.77. The number of carboxylic acid groups (broad SMARTS) is 1. The summed E-state index contributed by atoms with van der Waals surface area (Å²) in [5.41, 5.74) is -0.269. The molecule has 2 N–H and O–H groups in total. The molecule has 0 atom stereocenters. The highest BCUT2D eigenvalue weighted by atomic mass is 16.4. The number of carbonyl (C=O) groups excluding carboxylic acids is 1. The molecular weight excluding hydrogens is 280 g/mol. The van der Waals surface area contributed by atoms with Gasteiger partial charge in [-0.15, -0.1) is 0 Å². The number of carbonyl (C=O) groups is 2. The molecule has 0 unspecified atom stereocenters. The number of hydrogen-bond donors (Lipinski definition) is 2. The van der Waals surface area contributed by atoms with E-state index in [-0.39, 0.29) is 12.3 Å². The van der Waals surface area contributed by atoms with Crippen LogP contribution < -0.4 is 5.32 Å². The van der Waals surface area contributed by atoms with E-state index in [0.717, 1.165) is 10.8 Å². The van der Waals surface area contributed by atoms with Gasteiger partial charge < -0.3 is 10.4 Å². The number of nitrogens with zero attached hydrogens (tertiary/aromatic N) is 1. The molecule has 2 rings (SSSR count). The lowest BCUT2D eigenvalue weighted by Gasteiger charge is -2.31. The summed E-state index contributed by atoms with van der Waals surface area (Å²) < 4.78 is 0. The second-order valence-electron chi connectivity index (χ2n) is 5.42. The molecule has 5 heteroatoms. The normalized spacial score (nSPS) is 11.4. The van der Waals surface area contributed by atoms with E-state index in [4.69, 9.17) is 5.11 Å². The van der Waals surface area contributed by atoms with Crippen molar-refractivity contribution in [1.82, 2.24) is 10.3 Å². The van der Waals surface area contributed by atoms with Gasteiger partial charge >= 0.3 is 5.97 Å². The lowest BCUT2D eigenvalue weighted by atomic mass is 9.88. The predicted molar refractivity (Wildman–Crippen MR) is 84.8 cm³/mol. The first kappa shape index (κ1) is 15.9. The highest BCUT2D eigenvalue weighted by Gasteiger charge is 2.31. The maximum atomic E-state index is 12.6. The fraction of sp³-hybridized carbons (Fsp3) is 0.353. The van der Waals surface area contributed by atoms with E-state index in [0.29, 0.717) is 18.4 Å². The van der Waals surface area contributed by atoms with Crippen molar-refractivity contribution in [2.45, 2.75) is 38.6 Å². The molecule has 1 aromatic heterocycles. The Morgan fingerprint density at radius 3 is 2.50 bits per heavy atom. The van der Waals surface area contributed by atoms with Crippen LogP contribution in [0.1, 0.15) is 43.5 Å². The maximum Gasteiger partial charge on any atom is 0.305 e. The molecule has 0 spiro atoms. The Bertz CT molecular complexity index is 688. The number of nitrogens with one attached hydrogen (secondary N) is 1. The molecule has 2 aromatic rings. The molecule has 22 heavy (non-hydrogen) atoms. The first-order chi connectivity index (χ1) is 10.5. The zero-order valence-corrected chi connectivity index (χ0v) is 12.8. The number of rotatable bonds is 6. The van der Waals surface area contributed by atoms with Crippen molar-refractivity contribution in [2.75, 3.05) is 0 Å². The van der Waals surface area contributed by atoms with Crippen LogP contribution >= 0.6 is 0 Å². The van der Waals surface area contributed by atoms with Crippen molar-refractivity contribution in [2.24, 2.45) is 0 Å². The topological polar surface area (TPSA) is 79.3 Å². The van der Waals surface area contributed by atoms with Gasteiger partial charge in [0.2, 0.25) is 0 Å². The van der Waals surface area contributed by atoms with Gasteiger partial charge in [0.25, 0.3) is 5.91 Å². The monoisotopic (exact) mass is 300 g/mol. The van der Waals surface area contributed by atoms with E-state index in [1.54, 1.807) is 6.20 Å². The summed E-state index contributed by atoms with van der Waals surface area (Å²) >= 11 is 0. The summed E-state index contributed by atoms with van der Waals surface area (Å²) in [5.74, 6) is -1.20. The number of carboxylic acids is 1. The Balaban J connectivity index is 2.35. The average molecular weight is 300 g/mol. The number of pyridine rings is 1. The van der Waals surface area contributed by atoms with Gasteiger partial charge in [-0.2, -0.15) is 0 Å². The molecule has 1 amide bonds. The molecule has 1 heterocycles. The van der Waals surface area contributed by atoms with E-state index in [2.05, 4.69) is 10.3 Å². The molecule has 0 fully saturated rings. The SMILES string of the molecule is CCC(CC)(CC(=O)O)NC(=O)c1cncc2ccccc12. The van der Waals surface area contributed by atoms with Gasteiger partial charge in [0, 0.05) is 17.8 Å². The highest BCUT2D eigenvalue weighted by molar-refractivity contribution is 6.06. The van der Waals surface area contributed by atoms with E-state index in [1.165, 1.54) is 6.20 Å². The van der Waals surface area contributed by atoms with Crippen LogP contribution in [0.4, 0.5) is 0 Å². The maximum absolute atomic E-state index is 12.6. The molecule has 1 aromatic carbocycles. The second kappa shape index (κ2) is 6.56. The van der Waals surface area contributed by atoms with E-state index in [1.807, 2.05) is 38.1 Å². The van der Waals surface area contributed by atoms with Crippen LogP contribution in [0.25, 0.3) is 10.8 Å². The minimum absolute atomic E-state index is 0.0933. The Morgan fingerprint density at radius 2 is 1.86 bits per heavy atom. The van der Waals surface area contributed by atoms with Gasteiger partial charge in [-0.05, 0) is 18.2 Å². The van der Waals surface area contributed by atoms with Crippen LogP contribution in [-0.4, -0.2) is 27.5 Å². The van der Waals surface area contributed by atoms with Crippen molar-refractivity contribution >= 4 is 22.6 Å². The van der Waals surface area contributed by atoms with Crippen LogP contribution in [0.3, 0.4) is 0 Å². The standard InChI is InChI=1S/C17H20N2O3/c1-3-17(4-2,9-15(20)21)19-16(22)14-11-18-10-12-7-5-6-8-13(12)14/h5-8,10-11H,3-4,9H2,1-2H3,(H,19,22)(H,20,21). The predicted octanol–water partition coefficient (Wildman–Crippen LogP) is 3.00. The lowest BCUT2D eigenvalue weighted by Crippen LogP contribution is -2.49. The van der Waals surface area contributed by atoms with Crippen molar-refractivity contribution < 1.29 is 14.7 Å². The number of hydrogen-bond acceptors (Lipinski definition) is 3. The largest absolute Gasteiger partial charge is 0.481 e. The lowest BCUT2D eigenvalue weighted by molar-refractivity contribution is -0.138. The van der Waals surface area contributed by atoms with Gasteiger partial charge in [-0.3, -0.25) is 14.6 Å². The smallest absolute Gasteiger partial charge is 0.305 e. The molecule has 0 aliphatic rings. The first-order valence-electron chi connectivity index (χ1n) is 7.38. The van der Waals surface area contributed by atoms with Gasteiger partial charge in [0.15, 0.2) is 0 Å². The summed E-state index contributed by atoms with van der Waals surface area (Å²) in [4.78, 5) is 27.8. The van der Waals surface area contributed by atoms with Crippen LogP contribution in [0.5, 0.6) is 0 Å². The van der Waals surface area contributed by atoms with Crippen LogP contribution in [-0.2, 0) is 4.79 Å². The van der Waals surface area contributed by atoms with Crippen molar-refractivity contribution in [3.8, 4) is 0 Å². The van der Waals surface area contributed by atoms with Crippen molar-refractivity contribution in [3.05, 3.63) is 42.2 Å². The Morgan fingerprint density at radius 1 is 1.18 bits per heavy atom. The van der Waals surface area contributed by atoms with E-state index in [9.17, 15) is 9.59 Å². The Kier molecular flexibility index (Phi) is 4.75. The zero-order valence-electron chi connectivity index (χ0n) is 12.8. The fourth-order valence-corrected chi connectivity index (χ4v) is 2.62. The van der Waals surface area contributed by atoms with Gasteiger partial charge in [0.05, 0.1) is 17.5 Å². The molecule has 0 radical (unpaired) electrons. The first-order valence-corrected chi connectivity index (χ1v) is 7.38. The molecule has 116 valence electrons. The minimum Gasteiger partial charge on any atom is -0.481 e. The third kappa shape index (κ3) is 3.24. The van der Waals surface area contributed by atoms with E-state index < -0.39 is 11.5 Å². The summed E-state index contributed by atoms with van der Waals surface area (Å²) in [6.07, 6.45) is 4.24. The summed E-state index contributed by atoms with van der Waals surface area (Å²) in [7, 11) is 0. The molecule has 0 saturated carbocycles. The fourth-order valence-electron chi connectivity index (χ4n) is 2.62. The number of amides is 1. The quantitative estimate of drug-likeness (QED) is 0.859.